The second kappa shape index (κ2) is 6.20. The summed E-state index contributed by atoms with van der Waals surface area (Å²) in [6, 6.07) is 3.71. The zero-order valence-corrected chi connectivity index (χ0v) is 10.6. The third-order valence-corrected chi connectivity index (χ3v) is 2.37. The number of methoxy groups -OCH3 is 1. The van der Waals surface area contributed by atoms with Crippen LogP contribution >= 0.6 is 0 Å². The minimum atomic E-state index is -5.20. The van der Waals surface area contributed by atoms with E-state index in [1.54, 1.807) is 0 Å². The monoisotopic (exact) mass is 306 g/mol. The molecule has 21 heavy (non-hydrogen) atoms. The summed E-state index contributed by atoms with van der Waals surface area (Å²) in [4.78, 5) is 32.3. The van der Waals surface area contributed by atoms with Crippen molar-refractivity contribution in [1.29, 1.82) is 0 Å². The van der Waals surface area contributed by atoms with Crippen LogP contribution in [0.2, 0.25) is 0 Å². The van der Waals surface area contributed by atoms with Crippen LogP contribution in [0.15, 0.2) is 24.3 Å². The fourth-order valence-corrected chi connectivity index (χ4v) is 1.38. The zero-order chi connectivity index (χ0) is 16.2. The number of amides is 1. The van der Waals surface area contributed by atoms with Crippen molar-refractivity contribution in [2.24, 2.45) is 0 Å². The minimum absolute atomic E-state index is 0.134. The molecule has 0 saturated carbocycles. The second-order valence-corrected chi connectivity index (χ2v) is 3.74. The number of hydrogen-bond donors (Lipinski definition) is 0. The fourth-order valence-electron chi connectivity index (χ4n) is 1.38. The number of carbonyl (C=O) groups is 2. The van der Waals surface area contributed by atoms with E-state index < -0.39 is 29.5 Å². The van der Waals surface area contributed by atoms with E-state index in [1.807, 2.05) is 0 Å². The lowest BCUT2D eigenvalue weighted by Crippen LogP contribution is -2.44. The minimum Gasteiger partial charge on any atom is -0.468 e. The first-order valence-electron chi connectivity index (χ1n) is 5.36. The lowest BCUT2D eigenvalue weighted by Gasteiger charge is -2.22. The van der Waals surface area contributed by atoms with Gasteiger partial charge >= 0.3 is 18.1 Å². The molecule has 0 saturated heterocycles. The first-order valence-corrected chi connectivity index (χ1v) is 5.36. The van der Waals surface area contributed by atoms with Crippen LogP contribution in [0.4, 0.5) is 24.5 Å². The average Bonchev–Trinajstić information content (AvgIpc) is 2.42. The first kappa shape index (κ1) is 16.4. The summed E-state index contributed by atoms with van der Waals surface area (Å²) in [5.74, 6) is -3.34. The standard InChI is InChI=1S/C11H9F3N2O5/c1-21-9(17)6-15(10(18)11(12,13)14)7-2-4-8(5-3-7)16(19)20/h2-5H,6H2,1H3. The number of nitro groups is 1. The normalized spacial score (nSPS) is 10.9. The van der Waals surface area contributed by atoms with Crippen molar-refractivity contribution in [2.75, 3.05) is 18.6 Å². The highest BCUT2D eigenvalue weighted by Gasteiger charge is 2.43. The SMILES string of the molecule is COC(=O)CN(C(=O)C(F)(F)F)c1ccc([N+](=O)[O-])cc1. The van der Waals surface area contributed by atoms with E-state index in [1.165, 1.54) is 0 Å². The molecule has 10 heteroatoms. The second-order valence-electron chi connectivity index (χ2n) is 3.74. The van der Waals surface area contributed by atoms with Gasteiger partial charge in [-0.05, 0) is 12.1 Å². The highest BCUT2D eigenvalue weighted by atomic mass is 19.4. The van der Waals surface area contributed by atoms with Gasteiger partial charge in [-0.2, -0.15) is 13.2 Å². The molecular formula is C11H9F3N2O5. The van der Waals surface area contributed by atoms with E-state index >= 15 is 0 Å². The number of non-ortho nitro benzene ring substituents is 1. The molecule has 1 aromatic carbocycles. The van der Waals surface area contributed by atoms with Crippen LogP contribution < -0.4 is 4.90 Å². The zero-order valence-electron chi connectivity index (χ0n) is 10.6. The molecule has 0 N–H and O–H groups in total. The number of ether oxygens (including phenoxy) is 1. The van der Waals surface area contributed by atoms with Crippen LogP contribution in [0.5, 0.6) is 0 Å². The van der Waals surface area contributed by atoms with Crippen LogP contribution in [0, 0.1) is 10.1 Å². The van der Waals surface area contributed by atoms with Gasteiger partial charge in [0, 0.05) is 17.8 Å². The van der Waals surface area contributed by atoms with E-state index in [4.69, 9.17) is 0 Å². The Morgan fingerprint density at radius 1 is 1.29 bits per heavy atom. The molecular weight excluding hydrogens is 297 g/mol. The Kier molecular flexibility index (Phi) is 4.84. The number of halogens is 3. The van der Waals surface area contributed by atoms with Gasteiger partial charge in [-0.1, -0.05) is 0 Å². The van der Waals surface area contributed by atoms with Gasteiger partial charge in [-0.3, -0.25) is 24.6 Å². The van der Waals surface area contributed by atoms with Crippen molar-refractivity contribution in [1.82, 2.24) is 0 Å². The van der Waals surface area contributed by atoms with Gasteiger partial charge in [-0.25, -0.2) is 0 Å². The Bertz CT molecular complexity index is 556. The Hall–Kier alpha value is -2.65. The first-order chi connectivity index (χ1) is 9.66. The summed E-state index contributed by atoms with van der Waals surface area (Å²) >= 11 is 0. The average molecular weight is 306 g/mol. The predicted molar refractivity (Wildman–Crippen MR) is 63.5 cm³/mol. The Morgan fingerprint density at radius 3 is 2.19 bits per heavy atom. The van der Waals surface area contributed by atoms with Crippen molar-refractivity contribution in [3.05, 3.63) is 34.4 Å². The van der Waals surface area contributed by atoms with E-state index in [0.717, 1.165) is 31.4 Å². The van der Waals surface area contributed by atoms with Crippen LogP contribution in [0.1, 0.15) is 0 Å². The maximum absolute atomic E-state index is 12.5. The summed E-state index contributed by atoms with van der Waals surface area (Å²) in [5, 5.41) is 10.5. The molecule has 7 nitrogen and oxygen atoms in total. The Labute approximate surface area is 116 Å². The molecule has 0 unspecified atom stereocenters. The molecule has 0 aliphatic rings. The quantitative estimate of drug-likeness (QED) is 0.479. The number of nitrogens with zero attached hydrogens (tertiary/aromatic N) is 2. The van der Waals surface area contributed by atoms with Crippen molar-refractivity contribution >= 4 is 23.3 Å². The van der Waals surface area contributed by atoms with Crippen molar-refractivity contribution in [2.45, 2.75) is 6.18 Å². The van der Waals surface area contributed by atoms with Gasteiger partial charge in [0.2, 0.25) is 0 Å². The highest BCUT2D eigenvalue weighted by molar-refractivity contribution is 6.00. The summed E-state index contributed by atoms with van der Waals surface area (Å²) in [5.41, 5.74) is -0.676. The maximum Gasteiger partial charge on any atom is 0.471 e. The summed E-state index contributed by atoms with van der Waals surface area (Å²) in [6.07, 6.45) is -5.20. The number of alkyl halides is 3. The number of carbonyl (C=O) groups excluding carboxylic acids is 2. The molecule has 0 spiro atoms. The largest absolute Gasteiger partial charge is 0.471 e. The van der Waals surface area contributed by atoms with Crippen LogP contribution in [-0.2, 0) is 14.3 Å². The molecule has 0 bridgehead atoms. The molecule has 0 aromatic heterocycles. The van der Waals surface area contributed by atoms with Gasteiger partial charge < -0.3 is 4.74 Å². The smallest absolute Gasteiger partial charge is 0.468 e. The van der Waals surface area contributed by atoms with Gasteiger partial charge in [0.25, 0.3) is 5.69 Å². The maximum atomic E-state index is 12.5. The van der Waals surface area contributed by atoms with Crippen molar-refractivity contribution in [3.63, 3.8) is 0 Å². The van der Waals surface area contributed by atoms with Gasteiger partial charge in [0.05, 0.1) is 12.0 Å². The van der Waals surface area contributed by atoms with Gasteiger partial charge in [0.15, 0.2) is 0 Å². The topological polar surface area (TPSA) is 89.8 Å². The lowest BCUT2D eigenvalue weighted by atomic mass is 10.2. The Balaban J connectivity index is 3.14. The van der Waals surface area contributed by atoms with Gasteiger partial charge in [-0.15, -0.1) is 0 Å². The third kappa shape index (κ3) is 4.16. The van der Waals surface area contributed by atoms with E-state index in [-0.39, 0.29) is 16.3 Å². The molecule has 1 aromatic rings. The molecule has 0 aliphatic heterocycles. The number of hydrogen-bond acceptors (Lipinski definition) is 5. The van der Waals surface area contributed by atoms with Crippen molar-refractivity contribution < 1.29 is 32.4 Å². The van der Waals surface area contributed by atoms with E-state index in [2.05, 4.69) is 4.74 Å². The molecule has 0 aliphatic carbocycles. The van der Waals surface area contributed by atoms with E-state index in [0.29, 0.717) is 0 Å². The van der Waals surface area contributed by atoms with Gasteiger partial charge in [0.1, 0.15) is 6.54 Å². The predicted octanol–water partition coefficient (Wildman–Crippen LogP) is 1.66. The molecule has 0 fully saturated rings. The summed E-state index contributed by atoms with van der Waals surface area (Å²) < 4.78 is 41.7. The summed E-state index contributed by atoms with van der Waals surface area (Å²) in [6.45, 7) is -0.966. The number of anilines is 1. The third-order valence-electron chi connectivity index (χ3n) is 2.37. The highest BCUT2D eigenvalue weighted by Crippen LogP contribution is 2.25. The van der Waals surface area contributed by atoms with Crippen LogP contribution in [0.3, 0.4) is 0 Å². The molecule has 0 atom stereocenters. The number of rotatable bonds is 4. The number of nitro benzene ring substituents is 1. The van der Waals surface area contributed by atoms with E-state index in [9.17, 15) is 32.9 Å². The fraction of sp³-hybridized carbons (Fsp3) is 0.273. The summed E-state index contributed by atoms with van der Waals surface area (Å²) in [7, 11) is 0.953. The van der Waals surface area contributed by atoms with Crippen LogP contribution in [-0.4, -0.2) is 36.6 Å². The molecule has 1 rings (SSSR count). The lowest BCUT2D eigenvalue weighted by molar-refractivity contribution is -0.384. The molecule has 1 amide bonds. The molecule has 114 valence electrons. The number of benzene rings is 1. The molecule has 0 heterocycles. The number of esters is 1. The van der Waals surface area contributed by atoms with Crippen LogP contribution in [0.25, 0.3) is 0 Å². The van der Waals surface area contributed by atoms with Crippen molar-refractivity contribution in [3.8, 4) is 0 Å². The molecule has 0 radical (unpaired) electrons. The Morgan fingerprint density at radius 2 is 1.81 bits per heavy atom.